The van der Waals surface area contributed by atoms with E-state index < -0.39 is 65.3 Å². The Balaban J connectivity index is 2.18. The molecule has 0 radical (unpaired) electrons. The largest absolute Gasteiger partial charge is 0.508 e. The van der Waals surface area contributed by atoms with Crippen LogP contribution >= 0.6 is 0 Å². The van der Waals surface area contributed by atoms with Crippen molar-refractivity contribution >= 4 is 30.0 Å². The summed E-state index contributed by atoms with van der Waals surface area (Å²) in [6.07, 6.45) is -3.97. The van der Waals surface area contributed by atoms with E-state index in [-0.39, 0.29) is 36.3 Å². The molecule has 3 rings (SSSR count). The molecular formula is C33H44N4O10. The number of aromatic hydroxyl groups is 2. The second-order valence-electron chi connectivity index (χ2n) is 13.3. The molecule has 0 aliphatic carbocycles. The first-order valence-electron chi connectivity index (χ1n) is 15.2. The minimum Gasteiger partial charge on any atom is -0.508 e. The molecule has 4 amide bonds. The molecule has 0 saturated carbocycles. The van der Waals surface area contributed by atoms with Crippen LogP contribution in [0.1, 0.15) is 66.0 Å². The second-order valence-corrected chi connectivity index (χ2v) is 13.3. The summed E-state index contributed by atoms with van der Waals surface area (Å²) in [5, 5.41) is 41.2. The molecule has 2 aromatic rings. The standard InChI is InChI=1S/C33H44N4O10/c1-8-22(35-30(44)46-32(2,3)4)21-15-19-13-17(9-11-24(19)38)18-10-12-25(39)20(14-18)16-23(29(42)43)34-28(41)26(36-27(21)40)37-31(45)47-33(5,6)7/h9-14,21-23,26,38-39H,8,15-16H2,1-7H3,(H,34,41)(H,35,44)(H,36,40)(H,37,45)(H,42,43)/t21-,22?,23-,26-/m0/s1. The number of hydrogen-bond donors (Lipinski definition) is 7. The molecule has 0 fully saturated rings. The Bertz CT molecular complexity index is 1510. The number of carboxylic acid groups (broad SMARTS) is 1. The molecule has 14 nitrogen and oxygen atoms in total. The van der Waals surface area contributed by atoms with Gasteiger partial charge in [-0.05, 0) is 101 Å². The van der Waals surface area contributed by atoms with E-state index in [1.165, 1.54) is 12.1 Å². The Kier molecular flexibility index (Phi) is 11.3. The van der Waals surface area contributed by atoms with Crippen molar-refractivity contribution in [3.8, 4) is 22.6 Å². The Morgan fingerprint density at radius 3 is 1.83 bits per heavy atom. The number of carbonyl (C=O) groups is 5. The van der Waals surface area contributed by atoms with Crippen molar-refractivity contribution in [1.29, 1.82) is 0 Å². The molecule has 0 saturated heterocycles. The van der Waals surface area contributed by atoms with E-state index in [0.29, 0.717) is 16.7 Å². The summed E-state index contributed by atoms with van der Waals surface area (Å²) in [6.45, 7) is 11.5. The lowest BCUT2D eigenvalue weighted by Gasteiger charge is -2.30. The van der Waals surface area contributed by atoms with E-state index in [1.807, 2.05) is 0 Å². The van der Waals surface area contributed by atoms with E-state index in [0.717, 1.165) is 0 Å². The van der Waals surface area contributed by atoms with Gasteiger partial charge >= 0.3 is 18.2 Å². The van der Waals surface area contributed by atoms with Crippen LogP contribution in [-0.4, -0.2) is 74.7 Å². The van der Waals surface area contributed by atoms with Crippen molar-refractivity contribution in [3.63, 3.8) is 0 Å². The normalized spacial score (nSPS) is 19.5. The van der Waals surface area contributed by atoms with Gasteiger partial charge in [0.25, 0.3) is 5.91 Å². The highest BCUT2D eigenvalue weighted by Gasteiger charge is 2.36. The number of rotatable bonds is 5. The zero-order valence-corrected chi connectivity index (χ0v) is 27.6. The third kappa shape index (κ3) is 10.5. The van der Waals surface area contributed by atoms with Crippen molar-refractivity contribution < 1.29 is 48.8 Å². The van der Waals surface area contributed by atoms with Crippen molar-refractivity contribution in [3.05, 3.63) is 47.5 Å². The van der Waals surface area contributed by atoms with Gasteiger partial charge in [-0.2, -0.15) is 0 Å². The number of amides is 4. The van der Waals surface area contributed by atoms with Gasteiger partial charge in [0.1, 0.15) is 28.7 Å². The topological polar surface area (TPSA) is 213 Å². The number of nitrogens with one attached hydrogen (secondary N) is 4. The van der Waals surface area contributed by atoms with Gasteiger partial charge in [0, 0.05) is 12.5 Å². The van der Waals surface area contributed by atoms with Crippen LogP contribution in [-0.2, 0) is 36.7 Å². The second kappa shape index (κ2) is 14.6. The molecule has 1 aliphatic heterocycles. The fraction of sp³-hybridized carbons (Fsp3) is 0.485. The summed E-state index contributed by atoms with van der Waals surface area (Å²) in [6, 6.07) is 6.77. The summed E-state index contributed by atoms with van der Waals surface area (Å²) < 4.78 is 10.7. The number of aliphatic carboxylic acids is 1. The summed E-state index contributed by atoms with van der Waals surface area (Å²) in [4.78, 5) is 65.5. The number of alkyl carbamates (subject to hydrolysis) is 2. The molecule has 7 N–H and O–H groups in total. The number of carbonyl (C=O) groups excluding carboxylic acids is 4. The molecular weight excluding hydrogens is 612 g/mol. The maximum atomic E-state index is 14.1. The number of fused-ring (bicyclic) bond motifs is 5. The summed E-state index contributed by atoms with van der Waals surface area (Å²) in [5.41, 5.74) is -0.155. The lowest BCUT2D eigenvalue weighted by molar-refractivity contribution is -0.142. The minimum atomic E-state index is -1.83. The van der Waals surface area contributed by atoms with Crippen LogP contribution in [0.2, 0.25) is 0 Å². The summed E-state index contributed by atoms with van der Waals surface area (Å²) >= 11 is 0. The molecule has 14 heteroatoms. The monoisotopic (exact) mass is 656 g/mol. The number of phenolic OH excluding ortho intramolecular Hbond substituents is 2. The Labute approximate surface area is 273 Å². The van der Waals surface area contributed by atoms with Crippen LogP contribution in [0.4, 0.5) is 9.59 Å². The number of phenols is 2. The number of benzene rings is 2. The Morgan fingerprint density at radius 1 is 0.830 bits per heavy atom. The third-order valence-electron chi connectivity index (χ3n) is 7.15. The zero-order valence-electron chi connectivity index (χ0n) is 27.6. The predicted octanol–water partition coefficient (Wildman–Crippen LogP) is 3.32. The van der Waals surface area contributed by atoms with Crippen LogP contribution in [0, 0.1) is 5.92 Å². The number of hydrogen-bond acceptors (Lipinski definition) is 9. The predicted molar refractivity (Wildman–Crippen MR) is 170 cm³/mol. The average Bonchev–Trinajstić information content (AvgIpc) is 2.93. The molecule has 0 aromatic heterocycles. The van der Waals surface area contributed by atoms with Crippen molar-refractivity contribution in [2.45, 2.75) is 97.2 Å². The van der Waals surface area contributed by atoms with E-state index in [9.17, 15) is 39.3 Å². The number of carboxylic acids is 1. The van der Waals surface area contributed by atoms with E-state index in [4.69, 9.17) is 9.47 Å². The Hall–Kier alpha value is -5.01. The lowest BCUT2D eigenvalue weighted by atomic mass is 9.88. The van der Waals surface area contributed by atoms with Gasteiger partial charge in [0.05, 0.1) is 5.92 Å². The molecule has 1 unspecified atom stereocenters. The Morgan fingerprint density at radius 2 is 1.34 bits per heavy atom. The molecule has 4 bridgehead atoms. The first-order valence-corrected chi connectivity index (χ1v) is 15.2. The van der Waals surface area contributed by atoms with Gasteiger partial charge in [-0.15, -0.1) is 0 Å². The van der Waals surface area contributed by atoms with Crippen molar-refractivity contribution in [2.75, 3.05) is 0 Å². The molecule has 1 aliphatic rings. The van der Waals surface area contributed by atoms with Gasteiger partial charge < -0.3 is 40.7 Å². The van der Waals surface area contributed by atoms with Crippen LogP contribution in [0.15, 0.2) is 36.4 Å². The summed E-state index contributed by atoms with van der Waals surface area (Å²) in [5.74, 6) is -4.83. The van der Waals surface area contributed by atoms with Gasteiger partial charge in [-0.3, -0.25) is 14.9 Å². The van der Waals surface area contributed by atoms with E-state index in [2.05, 4.69) is 21.3 Å². The lowest BCUT2D eigenvalue weighted by Crippen LogP contribution is -2.61. The highest BCUT2D eigenvalue weighted by Crippen LogP contribution is 2.32. The zero-order chi connectivity index (χ0) is 35.3. The van der Waals surface area contributed by atoms with Crippen LogP contribution in [0.3, 0.4) is 0 Å². The van der Waals surface area contributed by atoms with Crippen LogP contribution in [0.5, 0.6) is 11.5 Å². The molecule has 256 valence electrons. The van der Waals surface area contributed by atoms with Gasteiger partial charge in [0.2, 0.25) is 5.91 Å². The fourth-order valence-corrected chi connectivity index (χ4v) is 4.97. The highest BCUT2D eigenvalue weighted by molar-refractivity contribution is 5.93. The van der Waals surface area contributed by atoms with Gasteiger partial charge in [-0.25, -0.2) is 14.4 Å². The SMILES string of the molecule is CCC(NC(=O)OC(C)(C)C)[C@@H]1Cc2cc(ccc2O)-c2ccc(O)c(c2)C[C@@H](C(=O)O)NC(=O)[C@H](NC(=O)OC(C)(C)C)NC1=O. The average molecular weight is 657 g/mol. The maximum absolute atomic E-state index is 14.1. The van der Waals surface area contributed by atoms with Crippen molar-refractivity contribution in [2.24, 2.45) is 5.92 Å². The summed E-state index contributed by atoms with van der Waals surface area (Å²) in [7, 11) is 0. The van der Waals surface area contributed by atoms with Gasteiger partial charge in [0.15, 0.2) is 6.17 Å². The number of ether oxygens (including phenoxy) is 2. The van der Waals surface area contributed by atoms with Gasteiger partial charge in [-0.1, -0.05) is 19.1 Å². The van der Waals surface area contributed by atoms with Crippen LogP contribution < -0.4 is 21.3 Å². The molecule has 4 atom stereocenters. The maximum Gasteiger partial charge on any atom is 0.409 e. The third-order valence-corrected chi connectivity index (χ3v) is 7.15. The minimum absolute atomic E-state index is 0.136. The molecule has 1 heterocycles. The molecule has 47 heavy (non-hydrogen) atoms. The van der Waals surface area contributed by atoms with E-state index in [1.54, 1.807) is 72.7 Å². The molecule has 2 aromatic carbocycles. The first kappa shape index (κ1) is 36.5. The highest BCUT2D eigenvalue weighted by atomic mass is 16.6. The van der Waals surface area contributed by atoms with Crippen LogP contribution in [0.25, 0.3) is 11.1 Å². The smallest absolute Gasteiger partial charge is 0.409 e. The molecule has 0 spiro atoms. The quantitative estimate of drug-likeness (QED) is 0.249. The first-order chi connectivity index (χ1) is 21.8. The van der Waals surface area contributed by atoms with Crippen molar-refractivity contribution in [1.82, 2.24) is 21.3 Å². The van der Waals surface area contributed by atoms with E-state index >= 15 is 0 Å². The fourth-order valence-electron chi connectivity index (χ4n) is 4.97.